The van der Waals surface area contributed by atoms with Crippen LogP contribution in [0.15, 0.2) is 12.4 Å². The molecule has 5 nitrogen and oxygen atoms in total. The molecule has 0 aromatic carbocycles. The highest BCUT2D eigenvalue weighted by Crippen LogP contribution is 1.96. The molecule has 0 bridgehead atoms. The van der Waals surface area contributed by atoms with Gasteiger partial charge < -0.3 is 16.1 Å². The summed E-state index contributed by atoms with van der Waals surface area (Å²) in [6.45, 7) is -0.271. The number of imidazole rings is 1. The summed E-state index contributed by atoms with van der Waals surface area (Å²) in [6.07, 6.45) is 2.62. The van der Waals surface area contributed by atoms with Gasteiger partial charge in [0.2, 0.25) is 0 Å². The van der Waals surface area contributed by atoms with Gasteiger partial charge in [0.05, 0.1) is 12.7 Å². The molecule has 0 spiro atoms. The maximum Gasteiger partial charge on any atom is 0.129 e. The summed E-state index contributed by atoms with van der Waals surface area (Å²) >= 11 is 0. The average Bonchev–Trinajstić information content (AvgIpc) is 2.37. The van der Waals surface area contributed by atoms with Gasteiger partial charge in [0.15, 0.2) is 0 Å². The second-order valence-corrected chi connectivity index (χ2v) is 2.29. The van der Waals surface area contributed by atoms with Crippen LogP contribution in [0.3, 0.4) is 0 Å². The monoisotopic (exact) mass is 157 g/mol. The van der Waals surface area contributed by atoms with E-state index in [1.165, 1.54) is 4.68 Å². The molecule has 1 aromatic rings. The number of nitrogen functional groups attached to an aromatic ring is 1. The Labute approximate surface area is 64.1 Å². The van der Waals surface area contributed by atoms with Crippen LogP contribution in [0.25, 0.3) is 0 Å². The van der Waals surface area contributed by atoms with E-state index in [1.54, 1.807) is 12.4 Å². The first-order valence-electron chi connectivity index (χ1n) is 3.30. The van der Waals surface area contributed by atoms with Crippen LogP contribution in [0.5, 0.6) is 0 Å². The smallest absolute Gasteiger partial charge is 0.129 e. The lowest BCUT2D eigenvalue weighted by molar-refractivity contribution is 0.0935. The van der Waals surface area contributed by atoms with Gasteiger partial charge >= 0.3 is 0 Å². The molecule has 11 heavy (non-hydrogen) atoms. The highest BCUT2D eigenvalue weighted by molar-refractivity contribution is 4.93. The minimum Gasteiger partial charge on any atom is -0.394 e. The Morgan fingerprint density at radius 1 is 1.73 bits per heavy atom. The number of nitrogens with zero attached hydrogens (tertiary/aromatic N) is 2. The molecule has 1 rings (SSSR count). The van der Waals surface area contributed by atoms with Crippen molar-refractivity contribution in [3.8, 4) is 0 Å². The fourth-order valence-corrected chi connectivity index (χ4v) is 0.777. The highest BCUT2D eigenvalue weighted by atomic mass is 16.3. The highest BCUT2D eigenvalue weighted by Gasteiger charge is 2.06. The van der Waals surface area contributed by atoms with Gasteiger partial charge in [-0.2, -0.15) is 0 Å². The van der Waals surface area contributed by atoms with E-state index in [9.17, 15) is 0 Å². The van der Waals surface area contributed by atoms with E-state index in [2.05, 4.69) is 4.98 Å². The molecule has 4 N–H and O–H groups in total. The molecule has 0 aliphatic rings. The first-order valence-corrected chi connectivity index (χ1v) is 3.30. The fourth-order valence-electron chi connectivity index (χ4n) is 0.777. The molecule has 1 unspecified atom stereocenters. The zero-order valence-electron chi connectivity index (χ0n) is 6.01. The van der Waals surface area contributed by atoms with E-state index in [1.807, 2.05) is 0 Å². The lowest BCUT2D eigenvalue weighted by Crippen LogP contribution is -2.20. The van der Waals surface area contributed by atoms with Crippen LogP contribution in [-0.2, 0) is 6.42 Å². The van der Waals surface area contributed by atoms with Gasteiger partial charge in [-0.1, -0.05) is 0 Å². The minimum absolute atomic E-state index is 0.271. The Bertz CT molecular complexity index is 223. The van der Waals surface area contributed by atoms with Crippen LogP contribution in [0.2, 0.25) is 0 Å². The van der Waals surface area contributed by atoms with Crippen LogP contribution < -0.4 is 5.84 Å². The third-order valence-electron chi connectivity index (χ3n) is 1.38. The summed E-state index contributed by atoms with van der Waals surface area (Å²) < 4.78 is 1.32. The minimum atomic E-state index is -0.778. The average molecular weight is 157 g/mol. The molecule has 62 valence electrons. The summed E-state index contributed by atoms with van der Waals surface area (Å²) in [5, 5.41) is 17.5. The van der Waals surface area contributed by atoms with E-state index in [4.69, 9.17) is 16.1 Å². The second-order valence-electron chi connectivity index (χ2n) is 2.29. The number of hydrogen-bond donors (Lipinski definition) is 3. The number of nitrogens with two attached hydrogens (primary N) is 1. The van der Waals surface area contributed by atoms with Crippen molar-refractivity contribution in [1.29, 1.82) is 0 Å². The van der Waals surface area contributed by atoms with E-state index < -0.39 is 6.10 Å². The van der Waals surface area contributed by atoms with E-state index in [0.717, 1.165) is 0 Å². The SMILES string of the molecule is Nn1ccnc1CC(O)CO. The topological polar surface area (TPSA) is 84.3 Å². The Balaban J connectivity index is 2.56. The Morgan fingerprint density at radius 2 is 2.45 bits per heavy atom. The molecule has 5 heteroatoms. The van der Waals surface area contributed by atoms with Gasteiger partial charge in [0, 0.05) is 18.8 Å². The van der Waals surface area contributed by atoms with Gasteiger partial charge in [0.25, 0.3) is 0 Å². The zero-order chi connectivity index (χ0) is 8.27. The lowest BCUT2D eigenvalue weighted by Gasteiger charge is -2.05. The van der Waals surface area contributed by atoms with Crippen molar-refractivity contribution in [3.05, 3.63) is 18.2 Å². The van der Waals surface area contributed by atoms with Crippen molar-refractivity contribution in [2.75, 3.05) is 12.4 Å². The predicted molar refractivity (Wildman–Crippen MR) is 39.2 cm³/mol. The first-order chi connectivity index (χ1) is 5.24. The van der Waals surface area contributed by atoms with Gasteiger partial charge in [0.1, 0.15) is 5.82 Å². The molecule has 0 saturated carbocycles. The summed E-state index contributed by atoms with van der Waals surface area (Å²) in [6, 6.07) is 0. The van der Waals surface area contributed by atoms with Gasteiger partial charge in [-0.25, -0.2) is 4.98 Å². The molecule has 1 aromatic heterocycles. The van der Waals surface area contributed by atoms with Crippen LogP contribution in [-0.4, -0.2) is 32.6 Å². The van der Waals surface area contributed by atoms with Crippen LogP contribution >= 0.6 is 0 Å². The van der Waals surface area contributed by atoms with Crippen molar-refractivity contribution in [2.45, 2.75) is 12.5 Å². The summed E-state index contributed by atoms with van der Waals surface area (Å²) in [7, 11) is 0. The van der Waals surface area contributed by atoms with Crippen LogP contribution in [0.1, 0.15) is 5.82 Å². The molecule has 0 aliphatic carbocycles. The molecule has 0 fully saturated rings. The maximum atomic E-state index is 9.00. The fraction of sp³-hybridized carbons (Fsp3) is 0.500. The number of rotatable bonds is 3. The number of hydrogen-bond acceptors (Lipinski definition) is 4. The molecule has 0 radical (unpaired) electrons. The maximum absolute atomic E-state index is 9.00. The Hall–Kier alpha value is -1.07. The summed E-state index contributed by atoms with van der Waals surface area (Å²) in [4.78, 5) is 3.87. The van der Waals surface area contributed by atoms with Gasteiger partial charge in [-0.15, -0.1) is 0 Å². The van der Waals surface area contributed by atoms with Gasteiger partial charge in [-0.3, -0.25) is 4.68 Å². The molecule has 0 saturated heterocycles. The Kier molecular flexibility index (Phi) is 2.45. The van der Waals surface area contributed by atoms with Gasteiger partial charge in [-0.05, 0) is 0 Å². The Morgan fingerprint density at radius 3 is 2.91 bits per heavy atom. The number of aromatic nitrogens is 2. The third kappa shape index (κ3) is 1.92. The number of aliphatic hydroxyl groups is 2. The van der Waals surface area contributed by atoms with Crippen molar-refractivity contribution in [2.24, 2.45) is 0 Å². The van der Waals surface area contributed by atoms with Crippen molar-refractivity contribution >= 4 is 0 Å². The van der Waals surface area contributed by atoms with Crippen molar-refractivity contribution < 1.29 is 10.2 Å². The zero-order valence-corrected chi connectivity index (χ0v) is 6.01. The quantitative estimate of drug-likeness (QED) is 0.466. The molecule has 1 atom stereocenters. The lowest BCUT2D eigenvalue weighted by atomic mass is 10.2. The van der Waals surface area contributed by atoms with E-state index in [0.29, 0.717) is 5.82 Å². The van der Waals surface area contributed by atoms with E-state index in [-0.39, 0.29) is 13.0 Å². The van der Waals surface area contributed by atoms with Crippen LogP contribution in [0, 0.1) is 0 Å². The summed E-state index contributed by atoms with van der Waals surface area (Å²) in [5.41, 5.74) is 0. The van der Waals surface area contributed by atoms with Crippen molar-refractivity contribution in [3.63, 3.8) is 0 Å². The van der Waals surface area contributed by atoms with E-state index >= 15 is 0 Å². The van der Waals surface area contributed by atoms with Crippen LogP contribution in [0.4, 0.5) is 0 Å². The molecule has 1 heterocycles. The normalized spacial score (nSPS) is 13.3. The molecular weight excluding hydrogens is 146 g/mol. The number of aliphatic hydroxyl groups excluding tert-OH is 2. The molecular formula is C6H11N3O2. The second kappa shape index (κ2) is 3.36. The third-order valence-corrected chi connectivity index (χ3v) is 1.38. The largest absolute Gasteiger partial charge is 0.394 e. The predicted octanol–water partition coefficient (Wildman–Crippen LogP) is -1.51. The first kappa shape index (κ1) is 8.03. The molecule has 0 amide bonds. The molecule has 0 aliphatic heterocycles. The summed E-state index contributed by atoms with van der Waals surface area (Å²) in [5.74, 6) is 5.97. The van der Waals surface area contributed by atoms with Crippen molar-refractivity contribution in [1.82, 2.24) is 9.66 Å². The standard InChI is InChI=1S/C6H11N3O2/c7-9-2-1-8-6(9)3-5(11)4-10/h1-2,5,10-11H,3-4,7H2.